The van der Waals surface area contributed by atoms with Gasteiger partial charge in [0, 0.05) is 12.2 Å². The Morgan fingerprint density at radius 1 is 1.43 bits per heavy atom. The van der Waals surface area contributed by atoms with Gasteiger partial charge in [-0.25, -0.2) is 4.98 Å². The van der Waals surface area contributed by atoms with Gasteiger partial charge < -0.3 is 4.57 Å². The van der Waals surface area contributed by atoms with Crippen molar-refractivity contribution < 1.29 is 0 Å². The molecule has 0 bridgehead atoms. The normalized spacial score (nSPS) is 33.2. The fraction of sp³-hybridized carbons (Fsp3) is 0.727. The Morgan fingerprint density at radius 2 is 2.21 bits per heavy atom. The summed E-state index contributed by atoms with van der Waals surface area (Å²) < 4.78 is 3.22. The molecule has 78 valence electrons. The summed E-state index contributed by atoms with van der Waals surface area (Å²) >= 11 is 3.40. The average molecular weight is 257 g/mol. The predicted octanol–water partition coefficient (Wildman–Crippen LogP) is 3.64. The SMILES string of the molecule is CC1CCC(C)C(n2cnc(Br)c2)C1. The summed E-state index contributed by atoms with van der Waals surface area (Å²) in [6.07, 6.45) is 8.07. The largest absolute Gasteiger partial charge is 0.333 e. The first-order valence-corrected chi connectivity index (χ1v) is 6.15. The smallest absolute Gasteiger partial charge is 0.124 e. The van der Waals surface area contributed by atoms with Crippen molar-refractivity contribution in [2.45, 2.75) is 39.2 Å². The molecular weight excluding hydrogens is 240 g/mol. The second-order valence-corrected chi connectivity index (χ2v) is 5.42. The van der Waals surface area contributed by atoms with Gasteiger partial charge in [-0.15, -0.1) is 0 Å². The summed E-state index contributed by atoms with van der Waals surface area (Å²) in [5.41, 5.74) is 0. The van der Waals surface area contributed by atoms with Crippen LogP contribution >= 0.6 is 15.9 Å². The maximum atomic E-state index is 4.23. The lowest BCUT2D eigenvalue weighted by atomic mass is 9.80. The molecule has 3 unspecified atom stereocenters. The van der Waals surface area contributed by atoms with Gasteiger partial charge in [0.15, 0.2) is 0 Å². The molecule has 0 spiro atoms. The lowest BCUT2D eigenvalue weighted by molar-refractivity contribution is 0.206. The minimum absolute atomic E-state index is 0.651. The van der Waals surface area contributed by atoms with Gasteiger partial charge in [-0.05, 0) is 40.6 Å². The van der Waals surface area contributed by atoms with E-state index < -0.39 is 0 Å². The van der Waals surface area contributed by atoms with Crippen LogP contribution in [0.5, 0.6) is 0 Å². The Kier molecular flexibility index (Phi) is 2.96. The van der Waals surface area contributed by atoms with E-state index in [0.717, 1.165) is 16.4 Å². The predicted molar refractivity (Wildman–Crippen MR) is 61.1 cm³/mol. The summed E-state index contributed by atoms with van der Waals surface area (Å²) in [6.45, 7) is 4.70. The van der Waals surface area contributed by atoms with Crippen molar-refractivity contribution in [2.24, 2.45) is 11.8 Å². The van der Waals surface area contributed by atoms with Crippen LogP contribution in [0, 0.1) is 11.8 Å². The molecule has 3 heteroatoms. The van der Waals surface area contributed by atoms with E-state index >= 15 is 0 Å². The molecule has 2 rings (SSSR count). The van der Waals surface area contributed by atoms with Crippen LogP contribution in [0.1, 0.15) is 39.2 Å². The first kappa shape index (κ1) is 10.2. The van der Waals surface area contributed by atoms with Crippen molar-refractivity contribution in [1.82, 2.24) is 9.55 Å². The molecule has 2 nitrogen and oxygen atoms in total. The van der Waals surface area contributed by atoms with Crippen LogP contribution in [0.3, 0.4) is 0 Å². The van der Waals surface area contributed by atoms with Gasteiger partial charge >= 0.3 is 0 Å². The number of halogens is 1. The van der Waals surface area contributed by atoms with Crippen molar-refractivity contribution >= 4 is 15.9 Å². The number of aromatic nitrogens is 2. The van der Waals surface area contributed by atoms with Crippen LogP contribution in [-0.4, -0.2) is 9.55 Å². The van der Waals surface area contributed by atoms with Crippen molar-refractivity contribution in [2.75, 3.05) is 0 Å². The summed E-state index contributed by atoms with van der Waals surface area (Å²) in [5, 5.41) is 0. The van der Waals surface area contributed by atoms with Crippen LogP contribution in [0.4, 0.5) is 0 Å². The Balaban J connectivity index is 2.15. The van der Waals surface area contributed by atoms with E-state index in [4.69, 9.17) is 0 Å². The quantitative estimate of drug-likeness (QED) is 0.751. The second kappa shape index (κ2) is 4.05. The third kappa shape index (κ3) is 2.02. The zero-order chi connectivity index (χ0) is 10.1. The molecule has 0 radical (unpaired) electrons. The van der Waals surface area contributed by atoms with Gasteiger partial charge in [-0.2, -0.15) is 0 Å². The lowest BCUT2D eigenvalue weighted by Crippen LogP contribution is -2.24. The maximum absolute atomic E-state index is 4.23. The van der Waals surface area contributed by atoms with E-state index in [-0.39, 0.29) is 0 Å². The summed E-state index contributed by atoms with van der Waals surface area (Å²) in [6, 6.07) is 0.651. The second-order valence-electron chi connectivity index (χ2n) is 4.61. The van der Waals surface area contributed by atoms with Crippen molar-refractivity contribution in [3.05, 3.63) is 17.1 Å². The third-order valence-electron chi connectivity index (χ3n) is 3.37. The highest BCUT2D eigenvalue weighted by molar-refractivity contribution is 9.10. The molecule has 1 aromatic heterocycles. The molecule has 1 aliphatic rings. The van der Waals surface area contributed by atoms with Gasteiger partial charge in [0.2, 0.25) is 0 Å². The van der Waals surface area contributed by atoms with E-state index in [0.29, 0.717) is 6.04 Å². The summed E-state index contributed by atoms with van der Waals surface area (Å²) in [5.74, 6) is 1.64. The number of hydrogen-bond donors (Lipinski definition) is 0. The molecule has 0 aliphatic heterocycles. The van der Waals surface area contributed by atoms with Gasteiger partial charge in [-0.3, -0.25) is 0 Å². The molecule has 0 saturated heterocycles. The van der Waals surface area contributed by atoms with Crippen molar-refractivity contribution in [1.29, 1.82) is 0 Å². The molecule has 0 aromatic carbocycles. The fourth-order valence-electron chi connectivity index (χ4n) is 2.41. The minimum Gasteiger partial charge on any atom is -0.333 e. The van der Waals surface area contributed by atoms with E-state index in [2.05, 4.69) is 45.5 Å². The Bertz CT molecular complexity index is 308. The topological polar surface area (TPSA) is 17.8 Å². The molecule has 1 fully saturated rings. The number of rotatable bonds is 1. The number of nitrogens with zero attached hydrogens (tertiary/aromatic N) is 2. The molecule has 3 atom stereocenters. The molecule has 1 heterocycles. The van der Waals surface area contributed by atoms with Gasteiger partial charge in [0.1, 0.15) is 4.60 Å². The molecule has 0 N–H and O–H groups in total. The third-order valence-corrected chi connectivity index (χ3v) is 3.78. The Hall–Kier alpha value is -0.310. The van der Waals surface area contributed by atoms with Crippen LogP contribution in [-0.2, 0) is 0 Å². The Morgan fingerprint density at radius 3 is 2.86 bits per heavy atom. The minimum atomic E-state index is 0.651. The molecule has 1 saturated carbocycles. The average Bonchev–Trinajstić information content (AvgIpc) is 2.56. The van der Waals surface area contributed by atoms with Crippen LogP contribution in [0.15, 0.2) is 17.1 Å². The van der Waals surface area contributed by atoms with E-state index in [9.17, 15) is 0 Å². The molecular formula is C11H17BrN2. The lowest BCUT2D eigenvalue weighted by Gasteiger charge is -2.33. The van der Waals surface area contributed by atoms with Gasteiger partial charge in [0.25, 0.3) is 0 Å². The van der Waals surface area contributed by atoms with Crippen molar-refractivity contribution in [3.8, 4) is 0 Å². The standard InChI is InChI=1S/C11H17BrN2/c1-8-3-4-9(2)10(5-8)14-6-11(12)13-7-14/h6-10H,3-5H2,1-2H3. The van der Waals surface area contributed by atoms with Gasteiger partial charge in [0.05, 0.1) is 6.33 Å². The van der Waals surface area contributed by atoms with Crippen LogP contribution in [0.2, 0.25) is 0 Å². The maximum Gasteiger partial charge on any atom is 0.124 e. The number of imidazole rings is 1. The molecule has 14 heavy (non-hydrogen) atoms. The van der Waals surface area contributed by atoms with Crippen LogP contribution in [0.25, 0.3) is 0 Å². The van der Waals surface area contributed by atoms with E-state index in [1.54, 1.807) is 0 Å². The fourth-order valence-corrected chi connectivity index (χ4v) is 2.74. The summed E-state index contributed by atoms with van der Waals surface area (Å²) in [4.78, 5) is 4.23. The van der Waals surface area contributed by atoms with E-state index in [1.165, 1.54) is 19.3 Å². The highest BCUT2D eigenvalue weighted by Gasteiger charge is 2.26. The highest BCUT2D eigenvalue weighted by Crippen LogP contribution is 2.36. The Labute approximate surface area is 93.9 Å². The molecule has 1 aromatic rings. The highest BCUT2D eigenvalue weighted by atomic mass is 79.9. The zero-order valence-corrected chi connectivity index (χ0v) is 10.4. The van der Waals surface area contributed by atoms with Crippen molar-refractivity contribution in [3.63, 3.8) is 0 Å². The van der Waals surface area contributed by atoms with Gasteiger partial charge in [-0.1, -0.05) is 20.3 Å². The number of hydrogen-bond acceptors (Lipinski definition) is 1. The first-order valence-electron chi connectivity index (χ1n) is 5.36. The van der Waals surface area contributed by atoms with E-state index in [1.807, 2.05) is 6.33 Å². The zero-order valence-electron chi connectivity index (χ0n) is 8.78. The molecule has 1 aliphatic carbocycles. The first-order chi connectivity index (χ1) is 6.66. The van der Waals surface area contributed by atoms with Crippen LogP contribution < -0.4 is 0 Å². The summed E-state index contributed by atoms with van der Waals surface area (Å²) in [7, 11) is 0. The molecule has 0 amide bonds. The monoisotopic (exact) mass is 256 g/mol.